The van der Waals surface area contributed by atoms with Gasteiger partial charge in [0.15, 0.2) is 0 Å². The summed E-state index contributed by atoms with van der Waals surface area (Å²) in [6.07, 6.45) is 6.30. The Bertz CT molecular complexity index is 708. The van der Waals surface area contributed by atoms with E-state index in [9.17, 15) is 4.79 Å². The number of para-hydroxylation sites is 2. The number of piperidine rings is 1. The third kappa shape index (κ3) is 3.08. The minimum atomic E-state index is 0.0341. The van der Waals surface area contributed by atoms with Gasteiger partial charge in [-0.05, 0) is 50.8 Å². The molecule has 4 rings (SSSR count). The van der Waals surface area contributed by atoms with Crippen LogP contribution >= 0.6 is 0 Å². The molecule has 1 aromatic heterocycles. The van der Waals surface area contributed by atoms with Crippen LogP contribution in [0.1, 0.15) is 38.1 Å². The van der Waals surface area contributed by atoms with E-state index in [1.54, 1.807) is 0 Å². The van der Waals surface area contributed by atoms with Crippen LogP contribution in [0.25, 0.3) is 11.0 Å². The van der Waals surface area contributed by atoms with Crippen LogP contribution in [0.15, 0.2) is 29.1 Å². The molecule has 2 aromatic rings. The first-order chi connectivity index (χ1) is 11.3. The van der Waals surface area contributed by atoms with Crippen LogP contribution in [0.4, 0.5) is 0 Å². The number of hydrogen-bond acceptors (Lipinski definition) is 3. The molecule has 1 atom stereocenters. The Morgan fingerprint density at radius 2 is 1.96 bits per heavy atom. The molecule has 0 saturated carbocycles. The van der Waals surface area contributed by atoms with Gasteiger partial charge in [-0.2, -0.15) is 0 Å². The Morgan fingerprint density at radius 3 is 2.70 bits per heavy atom. The second kappa shape index (κ2) is 6.49. The van der Waals surface area contributed by atoms with E-state index in [2.05, 4.69) is 9.88 Å². The SMILES string of the molecule is O=c1[nH]c2ccccc2n1C1CCN(CCCC2CCO2)CC1. The van der Waals surface area contributed by atoms with E-state index in [4.69, 9.17) is 4.74 Å². The number of fused-ring (bicyclic) bond motifs is 1. The van der Waals surface area contributed by atoms with Crippen LogP contribution in [0.2, 0.25) is 0 Å². The molecule has 5 heteroatoms. The number of nitrogens with one attached hydrogen (secondary N) is 1. The summed E-state index contributed by atoms with van der Waals surface area (Å²) in [5.41, 5.74) is 2.02. The van der Waals surface area contributed by atoms with Crippen molar-refractivity contribution in [2.24, 2.45) is 0 Å². The Labute approximate surface area is 136 Å². The van der Waals surface area contributed by atoms with Gasteiger partial charge < -0.3 is 14.6 Å². The van der Waals surface area contributed by atoms with Gasteiger partial charge in [0.05, 0.1) is 17.1 Å². The first-order valence-corrected chi connectivity index (χ1v) is 8.84. The van der Waals surface area contributed by atoms with E-state index in [-0.39, 0.29) is 5.69 Å². The minimum absolute atomic E-state index is 0.0341. The maximum atomic E-state index is 12.3. The van der Waals surface area contributed by atoms with Crippen molar-refractivity contribution >= 4 is 11.0 Å². The summed E-state index contributed by atoms with van der Waals surface area (Å²) in [7, 11) is 0. The van der Waals surface area contributed by atoms with Crippen LogP contribution in [0.3, 0.4) is 0 Å². The van der Waals surface area contributed by atoms with E-state index >= 15 is 0 Å². The Kier molecular flexibility index (Phi) is 4.23. The number of nitrogens with zero attached hydrogens (tertiary/aromatic N) is 2. The molecule has 0 spiro atoms. The van der Waals surface area contributed by atoms with Crippen molar-refractivity contribution in [3.8, 4) is 0 Å². The number of H-pyrrole nitrogens is 1. The average Bonchev–Trinajstić information content (AvgIpc) is 2.86. The van der Waals surface area contributed by atoms with Gasteiger partial charge in [-0.15, -0.1) is 0 Å². The minimum Gasteiger partial charge on any atom is -0.378 e. The summed E-state index contributed by atoms with van der Waals surface area (Å²) in [4.78, 5) is 17.8. The number of ether oxygens (including phenoxy) is 1. The molecule has 1 N–H and O–H groups in total. The van der Waals surface area contributed by atoms with E-state index in [1.807, 2.05) is 28.8 Å². The molecule has 1 unspecified atom stereocenters. The predicted molar refractivity (Wildman–Crippen MR) is 90.9 cm³/mol. The van der Waals surface area contributed by atoms with Crippen molar-refractivity contribution in [2.75, 3.05) is 26.2 Å². The van der Waals surface area contributed by atoms with Crippen LogP contribution in [0.5, 0.6) is 0 Å². The molecule has 0 amide bonds. The molecule has 5 nitrogen and oxygen atoms in total. The molecular formula is C18H25N3O2. The first kappa shape index (κ1) is 15.0. The van der Waals surface area contributed by atoms with Gasteiger partial charge in [-0.1, -0.05) is 12.1 Å². The zero-order chi connectivity index (χ0) is 15.6. The molecule has 0 bridgehead atoms. The largest absolute Gasteiger partial charge is 0.378 e. The van der Waals surface area contributed by atoms with Gasteiger partial charge in [-0.25, -0.2) is 4.79 Å². The predicted octanol–water partition coefficient (Wildman–Crippen LogP) is 2.54. The highest BCUT2D eigenvalue weighted by atomic mass is 16.5. The van der Waals surface area contributed by atoms with Crippen molar-refractivity contribution in [1.82, 2.24) is 14.5 Å². The lowest BCUT2D eigenvalue weighted by molar-refractivity contribution is -0.0564. The van der Waals surface area contributed by atoms with Crippen molar-refractivity contribution < 1.29 is 4.74 Å². The molecule has 0 aliphatic carbocycles. The fourth-order valence-electron chi connectivity index (χ4n) is 3.89. The van der Waals surface area contributed by atoms with Gasteiger partial charge >= 0.3 is 5.69 Å². The highest BCUT2D eigenvalue weighted by Crippen LogP contribution is 2.25. The van der Waals surface area contributed by atoms with E-state index in [0.717, 1.165) is 50.1 Å². The maximum absolute atomic E-state index is 12.3. The summed E-state index contributed by atoms with van der Waals surface area (Å²) in [6, 6.07) is 8.31. The van der Waals surface area contributed by atoms with Crippen LogP contribution in [0, 0.1) is 0 Å². The number of benzene rings is 1. The van der Waals surface area contributed by atoms with Crippen LogP contribution in [-0.2, 0) is 4.74 Å². The Morgan fingerprint density at radius 1 is 1.17 bits per heavy atom. The molecule has 0 radical (unpaired) electrons. The topological polar surface area (TPSA) is 50.3 Å². The fourth-order valence-corrected chi connectivity index (χ4v) is 3.89. The lowest BCUT2D eigenvalue weighted by atomic mass is 10.0. The normalized spacial score (nSPS) is 23.2. The summed E-state index contributed by atoms with van der Waals surface area (Å²) >= 11 is 0. The lowest BCUT2D eigenvalue weighted by Gasteiger charge is -2.33. The number of rotatable bonds is 5. The molecule has 124 valence electrons. The third-order valence-corrected chi connectivity index (χ3v) is 5.34. The highest BCUT2D eigenvalue weighted by Gasteiger charge is 2.24. The molecular weight excluding hydrogens is 290 g/mol. The monoisotopic (exact) mass is 315 g/mol. The number of imidazole rings is 1. The van der Waals surface area contributed by atoms with Crippen LogP contribution < -0.4 is 5.69 Å². The zero-order valence-corrected chi connectivity index (χ0v) is 13.5. The molecule has 2 aliphatic rings. The Balaban J connectivity index is 1.35. The molecule has 2 aliphatic heterocycles. The average molecular weight is 315 g/mol. The molecule has 3 heterocycles. The number of aromatic nitrogens is 2. The standard InChI is InChI=1S/C18H25N3O2/c22-18-19-16-5-1-2-6-17(16)21(18)14-7-11-20(12-8-14)10-3-4-15-9-13-23-15/h1-2,5-6,14-15H,3-4,7-13H2,(H,19,22). The van der Waals surface area contributed by atoms with Gasteiger partial charge in [0.25, 0.3) is 0 Å². The van der Waals surface area contributed by atoms with Crippen molar-refractivity contribution in [3.63, 3.8) is 0 Å². The molecule has 23 heavy (non-hydrogen) atoms. The quantitative estimate of drug-likeness (QED) is 0.922. The highest BCUT2D eigenvalue weighted by molar-refractivity contribution is 5.75. The third-order valence-electron chi connectivity index (χ3n) is 5.34. The van der Waals surface area contributed by atoms with Gasteiger partial charge in [0.1, 0.15) is 0 Å². The number of likely N-dealkylation sites (tertiary alicyclic amines) is 1. The van der Waals surface area contributed by atoms with E-state index in [0.29, 0.717) is 12.1 Å². The summed E-state index contributed by atoms with van der Waals surface area (Å²) in [5, 5.41) is 0. The maximum Gasteiger partial charge on any atom is 0.326 e. The molecule has 2 fully saturated rings. The second-order valence-electron chi connectivity index (χ2n) is 6.81. The summed E-state index contributed by atoms with van der Waals surface area (Å²) in [6.45, 7) is 4.29. The Hall–Kier alpha value is -1.59. The first-order valence-electron chi connectivity index (χ1n) is 8.84. The van der Waals surface area contributed by atoms with Gasteiger partial charge in [0, 0.05) is 25.7 Å². The van der Waals surface area contributed by atoms with Crippen molar-refractivity contribution in [2.45, 2.75) is 44.2 Å². The summed E-state index contributed by atoms with van der Waals surface area (Å²) in [5.74, 6) is 0. The second-order valence-corrected chi connectivity index (χ2v) is 6.81. The molecule has 1 aromatic carbocycles. The summed E-state index contributed by atoms with van der Waals surface area (Å²) < 4.78 is 7.45. The number of aromatic amines is 1. The molecule has 2 saturated heterocycles. The van der Waals surface area contributed by atoms with Crippen molar-refractivity contribution in [3.05, 3.63) is 34.7 Å². The number of hydrogen-bond donors (Lipinski definition) is 1. The fraction of sp³-hybridized carbons (Fsp3) is 0.611. The van der Waals surface area contributed by atoms with E-state index < -0.39 is 0 Å². The van der Waals surface area contributed by atoms with Crippen molar-refractivity contribution in [1.29, 1.82) is 0 Å². The lowest BCUT2D eigenvalue weighted by Crippen LogP contribution is -2.38. The van der Waals surface area contributed by atoms with Gasteiger partial charge in [-0.3, -0.25) is 4.57 Å². The van der Waals surface area contributed by atoms with Crippen LogP contribution in [-0.4, -0.2) is 46.8 Å². The smallest absolute Gasteiger partial charge is 0.326 e. The van der Waals surface area contributed by atoms with E-state index in [1.165, 1.54) is 19.3 Å². The zero-order valence-electron chi connectivity index (χ0n) is 13.5. The van der Waals surface area contributed by atoms with Gasteiger partial charge in [0.2, 0.25) is 0 Å².